The second-order valence-corrected chi connectivity index (χ2v) is 4.56. The standard InChI is InChI=1S/C9H5N3S2/c10-5-7-1-2-8(12-6-7)14-9-11-3-4-13-9/h1-4,6H. The van der Waals surface area contributed by atoms with Crippen molar-refractivity contribution in [3.8, 4) is 6.07 Å². The summed E-state index contributed by atoms with van der Waals surface area (Å²) in [7, 11) is 0. The summed E-state index contributed by atoms with van der Waals surface area (Å²) in [4.78, 5) is 8.26. The average molecular weight is 219 g/mol. The van der Waals surface area contributed by atoms with Gasteiger partial charge in [-0.15, -0.1) is 11.3 Å². The Morgan fingerprint density at radius 1 is 1.36 bits per heavy atom. The van der Waals surface area contributed by atoms with Crippen LogP contribution in [0.15, 0.2) is 39.3 Å². The molecule has 2 rings (SSSR count). The molecule has 68 valence electrons. The van der Waals surface area contributed by atoms with Crippen LogP contribution < -0.4 is 0 Å². The first kappa shape index (κ1) is 9.19. The minimum absolute atomic E-state index is 0.577. The summed E-state index contributed by atoms with van der Waals surface area (Å²) in [5.74, 6) is 0. The second-order valence-electron chi connectivity index (χ2n) is 2.40. The molecule has 0 aromatic carbocycles. The van der Waals surface area contributed by atoms with Crippen LogP contribution in [-0.4, -0.2) is 9.97 Å². The highest BCUT2D eigenvalue weighted by molar-refractivity contribution is 8.00. The zero-order valence-corrected chi connectivity index (χ0v) is 8.68. The highest BCUT2D eigenvalue weighted by atomic mass is 32.2. The van der Waals surface area contributed by atoms with E-state index in [2.05, 4.69) is 9.97 Å². The Bertz CT molecular complexity index is 442. The normalized spacial score (nSPS) is 9.64. The van der Waals surface area contributed by atoms with Gasteiger partial charge in [-0.05, 0) is 23.9 Å². The fraction of sp³-hybridized carbons (Fsp3) is 0. The Labute approximate surface area is 89.4 Å². The molecule has 0 atom stereocenters. The molecule has 0 aliphatic heterocycles. The van der Waals surface area contributed by atoms with Gasteiger partial charge in [0.2, 0.25) is 0 Å². The molecule has 0 bridgehead atoms. The van der Waals surface area contributed by atoms with Gasteiger partial charge in [0.1, 0.15) is 11.1 Å². The first-order chi connectivity index (χ1) is 6.88. The van der Waals surface area contributed by atoms with Crippen LogP contribution >= 0.6 is 23.1 Å². The van der Waals surface area contributed by atoms with Crippen LogP contribution in [0.5, 0.6) is 0 Å². The summed E-state index contributed by atoms with van der Waals surface area (Å²) in [6.45, 7) is 0. The molecule has 0 amide bonds. The monoisotopic (exact) mass is 219 g/mol. The Hall–Kier alpha value is -1.38. The third-order valence-electron chi connectivity index (χ3n) is 1.47. The maximum Gasteiger partial charge on any atom is 0.156 e. The fourth-order valence-electron chi connectivity index (χ4n) is 0.857. The van der Waals surface area contributed by atoms with Crippen molar-refractivity contribution >= 4 is 23.1 Å². The highest BCUT2D eigenvalue weighted by Crippen LogP contribution is 2.27. The van der Waals surface area contributed by atoms with Gasteiger partial charge in [-0.2, -0.15) is 5.26 Å². The van der Waals surface area contributed by atoms with Gasteiger partial charge in [-0.3, -0.25) is 0 Å². The van der Waals surface area contributed by atoms with E-state index < -0.39 is 0 Å². The van der Waals surface area contributed by atoms with Gasteiger partial charge < -0.3 is 0 Å². The molecule has 0 spiro atoms. The first-order valence-electron chi connectivity index (χ1n) is 3.82. The van der Waals surface area contributed by atoms with Crippen molar-refractivity contribution in [1.82, 2.24) is 9.97 Å². The molecule has 2 heterocycles. The Morgan fingerprint density at radius 2 is 2.29 bits per heavy atom. The molecule has 0 N–H and O–H groups in total. The largest absolute Gasteiger partial charge is 0.248 e. The molecule has 0 fully saturated rings. The lowest BCUT2D eigenvalue weighted by Gasteiger charge is -1.95. The van der Waals surface area contributed by atoms with Crippen LogP contribution in [0, 0.1) is 11.3 Å². The van der Waals surface area contributed by atoms with Gasteiger partial charge in [0.15, 0.2) is 4.34 Å². The van der Waals surface area contributed by atoms with Gasteiger partial charge in [-0.1, -0.05) is 0 Å². The molecule has 0 saturated heterocycles. The van der Waals surface area contributed by atoms with E-state index in [1.54, 1.807) is 29.8 Å². The van der Waals surface area contributed by atoms with Gasteiger partial charge in [0, 0.05) is 17.8 Å². The van der Waals surface area contributed by atoms with Crippen LogP contribution in [0.25, 0.3) is 0 Å². The topological polar surface area (TPSA) is 49.6 Å². The third-order valence-corrected chi connectivity index (χ3v) is 3.30. The van der Waals surface area contributed by atoms with Gasteiger partial charge in [-0.25, -0.2) is 9.97 Å². The number of nitrogens with zero attached hydrogens (tertiary/aromatic N) is 3. The van der Waals surface area contributed by atoms with E-state index in [9.17, 15) is 0 Å². The predicted molar refractivity (Wildman–Crippen MR) is 55.2 cm³/mol. The summed E-state index contributed by atoms with van der Waals surface area (Å²) in [5, 5.41) is 11.4. The van der Waals surface area contributed by atoms with Gasteiger partial charge in [0.05, 0.1) is 5.56 Å². The van der Waals surface area contributed by atoms with Gasteiger partial charge in [0.25, 0.3) is 0 Å². The van der Waals surface area contributed by atoms with Crippen LogP contribution in [-0.2, 0) is 0 Å². The maximum atomic E-state index is 8.58. The van der Waals surface area contributed by atoms with E-state index >= 15 is 0 Å². The van der Waals surface area contributed by atoms with E-state index in [0.29, 0.717) is 5.56 Å². The smallest absolute Gasteiger partial charge is 0.156 e. The molecule has 5 heteroatoms. The van der Waals surface area contributed by atoms with Crippen molar-refractivity contribution in [3.63, 3.8) is 0 Å². The zero-order valence-electron chi connectivity index (χ0n) is 7.04. The molecule has 3 nitrogen and oxygen atoms in total. The lowest BCUT2D eigenvalue weighted by molar-refractivity contribution is 1.12. The number of nitriles is 1. The average Bonchev–Trinajstić information content (AvgIpc) is 2.72. The Kier molecular flexibility index (Phi) is 2.77. The number of pyridine rings is 1. The summed E-state index contributed by atoms with van der Waals surface area (Å²) in [5.41, 5.74) is 0.577. The number of hydrogen-bond donors (Lipinski definition) is 0. The van der Waals surface area contributed by atoms with Crippen LogP contribution in [0.4, 0.5) is 0 Å². The maximum absolute atomic E-state index is 8.58. The zero-order chi connectivity index (χ0) is 9.80. The quantitative estimate of drug-likeness (QED) is 0.778. The van der Waals surface area contributed by atoms with E-state index in [4.69, 9.17) is 5.26 Å². The van der Waals surface area contributed by atoms with Gasteiger partial charge >= 0.3 is 0 Å². The number of aromatic nitrogens is 2. The number of hydrogen-bond acceptors (Lipinski definition) is 5. The summed E-state index contributed by atoms with van der Waals surface area (Å²) in [6, 6.07) is 5.61. The lowest BCUT2D eigenvalue weighted by atomic mass is 10.3. The van der Waals surface area contributed by atoms with Crippen molar-refractivity contribution in [2.45, 2.75) is 9.37 Å². The Morgan fingerprint density at radius 3 is 2.86 bits per heavy atom. The molecule has 2 aromatic heterocycles. The van der Waals surface area contributed by atoms with E-state index in [-0.39, 0.29) is 0 Å². The summed E-state index contributed by atoms with van der Waals surface area (Å²) in [6.07, 6.45) is 3.33. The number of rotatable bonds is 2. The molecule has 14 heavy (non-hydrogen) atoms. The van der Waals surface area contributed by atoms with Crippen LogP contribution in [0.3, 0.4) is 0 Å². The van der Waals surface area contributed by atoms with E-state index in [1.165, 1.54) is 11.8 Å². The molecule has 0 radical (unpaired) electrons. The van der Waals surface area contributed by atoms with Crippen molar-refractivity contribution in [2.24, 2.45) is 0 Å². The molecule has 0 unspecified atom stereocenters. The van der Waals surface area contributed by atoms with Crippen molar-refractivity contribution in [2.75, 3.05) is 0 Å². The minimum Gasteiger partial charge on any atom is -0.248 e. The van der Waals surface area contributed by atoms with E-state index in [0.717, 1.165) is 9.37 Å². The summed E-state index contributed by atoms with van der Waals surface area (Å²) < 4.78 is 0.960. The van der Waals surface area contributed by atoms with Crippen molar-refractivity contribution < 1.29 is 0 Å². The van der Waals surface area contributed by atoms with E-state index in [1.807, 2.05) is 17.5 Å². The fourth-order valence-corrected chi connectivity index (χ4v) is 2.37. The summed E-state index contributed by atoms with van der Waals surface area (Å²) >= 11 is 3.07. The molecular formula is C9H5N3S2. The second kappa shape index (κ2) is 4.22. The van der Waals surface area contributed by atoms with Crippen LogP contribution in [0.2, 0.25) is 0 Å². The van der Waals surface area contributed by atoms with Crippen molar-refractivity contribution in [3.05, 3.63) is 35.5 Å². The Balaban J connectivity index is 2.15. The van der Waals surface area contributed by atoms with Crippen molar-refractivity contribution in [1.29, 1.82) is 5.26 Å². The SMILES string of the molecule is N#Cc1ccc(Sc2nccs2)nc1. The van der Waals surface area contributed by atoms with Crippen LogP contribution in [0.1, 0.15) is 5.56 Å². The predicted octanol–water partition coefficient (Wildman–Crippen LogP) is 2.56. The molecule has 0 aliphatic rings. The highest BCUT2D eigenvalue weighted by Gasteiger charge is 2.00. The molecular weight excluding hydrogens is 214 g/mol. The molecule has 0 aliphatic carbocycles. The minimum atomic E-state index is 0.577. The lowest BCUT2D eigenvalue weighted by Crippen LogP contribution is -1.80. The first-order valence-corrected chi connectivity index (χ1v) is 5.51. The third kappa shape index (κ3) is 2.10. The molecule has 2 aromatic rings. The number of thiazole rings is 1. The molecule has 0 saturated carbocycles.